The normalized spacial score (nSPS) is 16.9. The maximum absolute atomic E-state index is 5.81. The Bertz CT molecular complexity index is 395. The molecule has 0 amide bonds. The zero-order valence-corrected chi connectivity index (χ0v) is 11.2. The van der Waals surface area contributed by atoms with E-state index < -0.39 is 0 Å². The minimum absolute atomic E-state index is 0.146. The summed E-state index contributed by atoms with van der Waals surface area (Å²) in [4.78, 5) is 0. The second kappa shape index (κ2) is 6.76. The fraction of sp³-hybridized carbons (Fsp3) is 0.600. The van der Waals surface area contributed by atoms with Gasteiger partial charge in [0.15, 0.2) is 0 Å². The van der Waals surface area contributed by atoms with Gasteiger partial charge in [0.25, 0.3) is 0 Å². The lowest BCUT2D eigenvalue weighted by molar-refractivity contribution is 0.398. The molecule has 18 heavy (non-hydrogen) atoms. The van der Waals surface area contributed by atoms with Crippen LogP contribution in [0.1, 0.15) is 50.2 Å². The maximum atomic E-state index is 5.81. The minimum atomic E-state index is 0.146. The Labute approximate surface area is 109 Å². The van der Waals surface area contributed by atoms with E-state index in [0.29, 0.717) is 6.54 Å². The zero-order valence-electron chi connectivity index (χ0n) is 11.2. The Morgan fingerprint density at radius 3 is 2.94 bits per heavy atom. The number of allylic oxidation sites excluding steroid dienone is 1. The van der Waals surface area contributed by atoms with Crippen molar-refractivity contribution in [2.24, 2.45) is 5.73 Å². The molecular weight excluding hydrogens is 224 g/mol. The molecule has 0 aromatic carbocycles. The molecule has 1 aromatic rings. The molecule has 0 radical (unpaired) electrons. The van der Waals surface area contributed by atoms with E-state index in [1.807, 2.05) is 12.1 Å². The lowest BCUT2D eigenvalue weighted by Gasteiger charge is -2.14. The van der Waals surface area contributed by atoms with Crippen molar-refractivity contribution in [1.82, 2.24) is 5.32 Å². The van der Waals surface area contributed by atoms with Crippen LogP contribution in [0, 0.1) is 0 Å². The van der Waals surface area contributed by atoms with E-state index in [4.69, 9.17) is 10.2 Å². The van der Waals surface area contributed by atoms with Crippen LogP contribution in [0.2, 0.25) is 0 Å². The Balaban J connectivity index is 1.81. The van der Waals surface area contributed by atoms with E-state index in [0.717, 1.165) is 30.9 Å². The van der Waals surface area contributed by atoms with Crippen LogP contribution in [0.4, 0.5) is 0 Å². The second-order valence-corrected chi connectivity index (χ2v) is 4.90. The molecule has 1 aromatic heterocycles. The van der Waals surface area contributed by atoms with Gasteiger partial charge in [0, 0.05) is 13.0 Å². The van der Waals surface area contributed by atoms with Crippen molar-refractivity contribution in [3.8, 4) is 0 Å². The Kier molecular flexibility index (Phi) is 5.02. The molecule has 3 nitrogen and oxygen atoms in total. The molecule has 1 unspecified atom stereocenters. The molecule has 0 saturated carbocycles. The minimum Gasteiger partial charge on any atom is -0.464 e. The van der Waals surface area contributed by atoms with Crippen molar-refractivity contribution in [1.29, 1.82) is 0 Å². The summed E-state index contributed by atoms with van der Waals surface area (Å²) in [7, 11) is 0. The lowest BCUT2D eigenvalue weighted by Crippen LogP contribution is -2.28. The summed E-state index contributed by atoms with van der Waals surface area (Å²) in [6.07, 6.45) is 8.31. The second-order valence-electron chi connectivity index (χ2n) is 4.90. The molecule has 0 bridgehead atoms. The molecule has 1 heterocycles. The predicted molar refractivity (Wildman–Crippen MR) is 74.4 cm³/mol. The van der Waals surface area contributed by atoms with Crippen LogP contribution in [0.5, 0.6) is 0 Å². The van der Waals surface area contributed by atoms with E-state index in [9.17, 15) is 0 Å². The van der Waals surface area contributed by atoms with Gasteiger partial charge in [-0.05, 0) is 44.4 Å². The van der Waals surface area contributed by atoms with E-state index in [-0.39, 0.29) is 6.04 Å². The van der Waals surface area contributed by atoms with Gasteiger partial charge in [0.1, 0.15) is 11.5 Å². The van der Waals surface area contributed by atoms with Gasteiger partial charge < -0.3 is 15.5 Å². The quantitative estimate of drug-likeness (QED) is 0.729. The summed E-state index contributed by atoms with van der Waals surface area (Å²) >= 11 is 0. The highest BCUT2D eigenvalue weighted by molar-refractivity contribution is 5.12. The molecule has 0 saturated heterocycles. The Morgan fingerprint density at radius 1 is 1.44 bits per heavy atom. The van der Waals surface area contributed by atoms with E-state index in [1.54, 1.807) is 5.57 Å². The fourth-order valence-corrected chi connectivity index (χ4v) is 2.44. The van der Waals surface area contributed by atoms with E-state index in [1.165, 1.54) is 19.3 Å². The van der Waals surface area contributed by atoms with Crippen molar-refractivity contribution in [3.63, 3.8) is 0 Å². The predicted octanol–water partition coefficient (Wildman–Crippen LogP) is 2.93. The number of rotatable bonds is 7. The van der Waals surface area contributed by atoms with Crippen LogP contribution >= 0.6 is 0 Å². The zero-order chi connectivity index (χ0) is 12.8. The number of hydrogen-bond donors (Lipinski definition) is 2. The van der Waals surface area contributed by atoms with Gasteiger partial charge in [0.05, 0.1) is 6.04 Å². The SMILES string of the molecule is CCc1ccc(C(CN)NCCC2=CCCC2)o1. The fourth-order valence-electron chi connectivity index (χ4n) is 2.44. The third-order valence-corrected chi connectivity index (χ3v) is 3.58. The molecule has 1 atom stereocenters. The maximum Gasteiger partial charge on any atom is 0.122 e. The molecule has 3 N–H and O–H groups in total. The molecule has 0 fully saturated rings. The van der Waals surface area contributed by atoms with Crippen LogP contribution < -0.4 is 11.1 Å². The molecule has 0 aliphatic heterocycles. The number of nitrogens with two attached hydrogens (primary N) is 1. The summed E-state index contributed by atoms with van der Waals surface area (Å²) in [5, 5.41) is 3.49. The summed E-state index contributed by atoms with van der Waals surface area (Å²) in [6, 6.07) is 4.23. The van der Waals surface area contributed by atoms with Gasteiger partial charge in [-0.25, -0.2) is 0 Å². The highest BCUT2D eigenvalue weighted by Crippen LogP contribution is 2.21. The van der Waals surface area contributed by atoms with E-state index in [2.05, 4.69) is 18.3 Å². The smallest absolute Gasteiger partial charge is 0.122 e. The first-order chi connectivity index (χ1) is 8.83. The monoisotopic (exact) mass is 248 g/mol. The average Bonchev–Trinajstić information content (AvgIpc) is 3.05. The van der Waals surface area contributed by atoms with Crippen molar-refractivity contribution in [2.75, 3.05) is 13.1 Å². The standard InChI is InChI=1S/C15H24N2O/c1-2-13-7-8-15(18-13)14(11-16)17-10-9-12-5-3-4-6-12/h5,7-8,14,17H,2-4,6,9-11,16H2,1H3. The van der Waals surface area contributed by atoms with Crippen LogP contribution in [-0.4, -0.2) is 13.1 Å². The Hall–Kier alpha value is -1.06. The van der Waals surface area contributed by atoms with Crippen molar-refractivity contribution in [2.45, 2.75) is 45.1 Å². The average molecular weight is 248 g/mol. The van der Waals surface area contributed by atoms with Crippen molar-refractivity contribution >= 4 is 0 Å². The summed E-state index contributed by atoms with van der Waals surface area (Å²) in [5.41, 5.74) is 7.40. The highest BCUT2D eigenvalue weighted by Gasteiger charge is 2.13. The molecular formula is C15H24N2O. The number of furan rings is 1. The summed E-state index contributed by atoms with van der Waals surface area (Å²) in [6.45, 7) is 3.66. The first kappa shape index (κ1) is 13.4. The van der Waals surface area contributed by atoms with Crippen LogP contribution in [0.25, 0.3) is 0 Å². The molecule has 3 heteroatoms. The van der Waals surface area contributed by atoms with Gasteiger partial charge in [-0.2, -0.15) is 0 Å². The molecule has 0 spiro atoms. The van der Waals surface area contributed by atoms with Crippen LogP contribution in [-0.2, 0) is 6.42 Å². The van der Waals surface area contributed by atoms with Crippen LogP contribution in [0.3, 0.4) is 0 Å². The molecule has 1 aliphatic carbocycles. The summed E-state index contributed by atoms with van der Waals surface area (Å²) in [5.74, 6) is 2.00. The van der Waals surface area contributed by atoms with Crippen molar-refractivity contribution < 1.29 is 4.42 Å². The lowest BCUT2D eigenvalue weighted by atomic mass is 10.1. The largest absolute Gasteiger partial charge is 0.464 e. The number of hydrogen-bond acceptors (Lipinski definition) is 3. The van der Waals surface area contributed by atoms with Gasteiger partial charge in [-0.15, -0.1) is 0 Å². The molecule has 2 rings (SSSR count). The topological polar surface area (TPSA) is 51.2 Å². The number of aryl methyl sites for hydroxylation is 1. The third-order valence-electron chi connectivity index (χ3n) is 3.58. The third kappa shape index (κ3) is 3.47. The summed E-state index contributed by atoms with van der Waals surface area (Å²) < 4.78 is 5.75. The van der Waals surface area contributed by atoms with Gasteiger partial charge in [0.2, 0.25) is 0 Å². The first-order valence-corrected chi connectivity index (χ1v) is 7.03. The van der Waals surface area contributed by atoms with Crippen molar-refractivity contribution in [3.05, 3.63) is 35.3 Å². The van der Waals surface area contributed by atoms with Gasteiger partial charge in [-0.1, -0.05) is 18.6 Å². The first-order valence-electron chi connectivity index (χ1n) is 7.03. The Morgan fingerprint density at radius 2 is 2.33 bits per heavy atom. The van der Waals surface area contributed by atoms with Gasteiger partial charge in [-0.3, -0.25) is 0 Å². The molecule has 100 valence electrons. The van der Waals surface area contributed by atoms with Gasteiger partial charge >= 0.3 is 0 Å². The number of nitrogens with one attached hydrogen (secondary N) is 1. The highest BCUT2D eigenvalue weighted by atomic mass is 16.3. The molecule has 1 aliphatic rings. The van der Waals surface area contributed by atoms with E-state index >= 15 is 0 Å². The van der Waals surface area contributed by atoms with Crippen LogP contribution in [0.15, 0.2) is 28.2 Å².